The molecule has 1 heterocycles. The van der Waals surface area contributed by atoms with Gasteiger partial charge in [0.15, 0.2) is 11.4 Å². The second kappa shape index (κ2) is 6.58. The molecule has 0 aliphatic rings. The molecule has 130 valence electrons. The highest BCUT2D eigenvalue weighted by atomic mass is 19.4. The molecule has 1 aromatic carbocycles. The summed E-state index contributed by atoms with van der Waals surface area (Å²) < 4.78 is 41.9. The van der Waals surface area contributed by atoms with Gasteiger partial charge >= 0.3 is 6.18 Å². The van der Waals surface area contributed by atoms with Crippen LogP contribution in [-0.4, -0.2) is 32.3 Å². The van der Waals surface area contributed by atoms with Crippen molar-refractivity contribution >= 4 is 5.91 Å². The van der Waals surface area contributed by atoms with Crippen molar-refractivity contribution in [1.82, 2.24) is 25.5 Å². The molecule has 1 N–H and O–H groups in total. The van der Waals surface area contributed by atoms with Crippen LogP contribution in [-0.2, 0) is 16.9 Å². The lowest BCUT2D eigenvalue weighted by Crippen LogP contribution is -2.54. The van der Waals surface area contributed by atoms with Gasteiger partial charge in [0, 0.05) is 5.92 Å². The number of rotatable bonds is 5. The second-order valence-corrected chi connectivity index (χ2v) is 5.89. The summed E-state index contributed by atoms with van der Waals surface area (Å²) in [7, 11) is 0. The second-order valence-electron chi connectivity index (χ2n) is 5.89. The Kier molecular flexibility index (Phi) is 4.91. The minimum atomic E-state index is -4.66. The number of carbonyl (C=O) groups is 1. The number of hydrogen-bond acceptors (Lipinski definition) is 4. The van der Waals surface area contributed by atoms with E-state index in [9.17, 15) is 18.0 Å². The number of nitrogens with zero attached hydrogens (tertiary/aromatic N) is 4. The predicted molar refractivity (Wildman–Crippen MR) is 79.9 cm³/mol. The molecule has 9 heteroatoms. The summed E-state index contributed by atoms with van der Waals surface area (Å²) in [5.41, 5.74) is -2.55. The summed E-state index contributed by atoms with van der Waals surface area (Å²) in [5.74, 6) is -0.456. The van der Waals surface area contributed by atoms with E-state index >= 15 is 0 Å². The van der Waals surface area contributed by atoms with Crippen molar-refractivity contribution in [3.8, 4) is 0 Å². The zero-order chi connectivity index (χ0) is 18.0. The first-order valence-electron chi connectivity index (χ1n) is 7.34. The first-order chi connectivity index (χ1) is 11.1. The third-order valence-electron chi connectivity index (χ3n) is 3.68. The topological polar surface area (TPSA) is 72.7 Å². The molecular weight excluding hydrogens is 323 g/mol. The zero-order valence-corrected chi connectivity index (χ0v) is 13.5. The van der Waals surface area contributed by atoms with Crippen molar-refractivity contribution < 1.29 is 18.0 Å². The molecule has 1 aromatic heterocycles. The van der Waals surface area contributed by atoms with Gasteiger partial charge < -0.3 is 5.32 Å². The summed E-state index contributed by atoms with van der Waals surface area (Å²) in [4.78, 5) is 12.2. The van der Waals surface area contributed by atoms with Crippen molar-refractivity contribution in [3.05, 3.63) is 41.7 Å². The predicted octanol–water partition coefficient (Wildman–Crippen LogP) is 2.39. The van der Waals surface area contributed by atoms with Gasteiger partial charge in [0.25, 0.3) is 0 Å². The third kappa shape index (κ3) is 3.55. The van der Waals surface area contributed by atoms with Gasteiger partial charge in [-0.25, -0.2) is 4.68 Å². The van der Waals surface area contributed by atoms with E-state index in [4.69, 9.17) is 0 Å². The van der Waals surface area contributed by atoms with Gasteiger partial charge in [-0.2, -0.15) is 13.2 Å². The number of hydrogen-bond donors (Lipinski definition) is 1. The lowest BCUT2D eigenvalue weighted by Gasteiger charge is -2.33. The Balaban J connectivity index is 2.24. The zero-order valence-electron chi connectivity index (χ0n) is 13.5. The van der Waals surface area contributed by atoms with Crippen LogP contribution in [0.4, 0.5) is 13.2 Å². The highest BCUT2D eigenvalue weighted by Crippen LogP contribution is 2.38. The summed E-state index contributed by atoms with van der Waals surface area (Å²) in [6.07, 6.45) is -4.66. The Morgan fingerprint density at radius 2 is 1.88 bits per heavy atom. The molecule has 0 aliphatic carbocycles. The molecule has 2 aromatic rings. The molecule has 0 bridgehead atoms. The fraction of sp³-hybridized carbons (Fsp3) is 0.467. The lowest BCUT2D eigenvalue weighted by atomic mass is 9.91. The van der Waals surface area contributed by atoms with E-state index in [1.54, 1.807) is 6.07 Å². The molecule has 24 heavy (non-hydrogen) atoms. The number of amides is 1. The van der Waals surface area contributed by atoms with E-state index in [1.807, 2.05) is 13.8 Å². The summed E-state index contributed by atoms with van der Waals surface area (Å²) in [6, 6.07) is 7.24. The van der Waals surface area contributed by atoms with Crippen molar-refractivity contribution in [2.75, 3.05) is 0 Å². The average molecular weight is 341 g/mol. The fourth-order valence-electron chi connectivity index (χ4n) is 2.27. The Morgan fingerprint density at radius 3 is 2.42 bits per heavy atom. The molecule has 1 amide bonds. The number of benzene rings is 1. The van der Waals surface area contributed by atoms with Gasteiger partial charge in [0.1, 0.15) is 6.54 Å². The average Bonchev–Trinajstić information content (AvgIpc) is 2.95. The van der Waals surface area contributed by atoms with Gasteiger partial charge in [-0.15, -0.1) is 5.10 Å². The third-order valence-corrected chi connectivity index (χ3v) is 3.68. The molecular formula is C15H18F3N5O. The molecule has 0 saturated heterocycles. The van der Waals surface area contributed by atoms with Crippen LogP contribution < -0.4 is 5.32 Å². The summed E-state index contributed by atoms with van der Waals surface area (Å²) in [6.45, 7) is 4.19. The van der Waals surface area contributed by atoms with E-state index < -0.39 is 17.6 Å². The molecule has 0 fully saturated rings. The number of halogens is 3. The van der Waals surface area contributed by atoms with Gasteiger partial charge in [-0.3, -0.25) is 4.79 Å². The van der Waals surface area contributed by atoms with E-state index in [2.05, 4.69) is 20.8 Å². The standard InChI is InChI=1S/C15H18F3N5O/c1-10(2)13-20-21-22-23(13)9-12(24)19-14(3,15(16,17)18)11-7-5-4-6-8-11/h4-8,10H,9H2,1-3H3,(H,19,24). The van der Waals surface area contributed by atoms with Crippen LogP contribution in [0.2, 0.25) is 0 Å². The minimum absolute atomic E-state index is 0.0494. The minimum Gasteiger partial charge on any atom is -0.337 e. The van der Waals surface area contributed by atoms with E-state index in [0.29, 0.717) is 5.82 Å². The van der Waals surface area contributed by atoms with Gasteiger partial charge in [0.05, 0.1) is 0 Å². The molecule has 1 atom stereocenters. The number of tetrazole rings is 1. The van der Waals surface area contributed by atoms with Gasteiger partial charge in [0.2, 0.25) is 5.91 Å². The quantitative estimate of drug-likeness (QED) is 0.906. The van der Waals surface area contributed by atoms with Crippen molar-refractivity contribution in [3.63, 3.8) is 0 Å². The Bertz CT molecular complexity index is 699. The number of aromatic nitrogens is 4. The first-order valence-corrected chi connectivity index (χ1v) is 7.34. The van der Waals surface area contributed by atoms with Crippen LogP contribution in [0.1, 0.15) is 38.1 Å². The van der Waals surface area contributed by atoms with Crippen molar-refractivity contribution in [1.29, 1.82) is 0 Å². The maximum atomic E-state index is 13.6. The first kappa shape index (κ1) is 17.9. The van der Waals surface area contributed by atoms with Crippen molar-refractivity contribution in [2.45, 2.75) is 44.9 Å². The molecule has 0 aliphatic heterocycles. The van der Waals surface area contributed by atoms with E-state index in [-0.39, 0.29) is 18.0 Å². The summed E-state index contributed by atoms with van der Waals surface area (Å²) >= 11 is 0. The van der Waals surface area contributed by atoms with Gasteiger partial charge in [-0.05, 0) is 22.9 Å². The molecule has 0 spiro atoms. The van der Waals surface area contributed by atoms with Crippen LogP contribution in [0, 0.1) is 0 Å². The maximum absolute atomic E-state index is 13.6. The van der Waals surface area contributed by atoms with Crippen LogP contribution in [0.5, 0.6) is 0 Å². The SMILES string of the molecule is CC(C)c1nnnn1CC(=O)NC(C)(c1ccccc1)C(F)(F)F. The Morgan fingerprint density at radius 1 is 1.25 bits per heavy atom. The van der Waals surface area contributed by atoms with Crippen LogP contribution in [0.15, 0.2) is 30.3 Å². The highest BCUT2D eigenvalue weighted by Gasteiger charge is 2.53. The van der Waals surface area contributed by atoms with Crippen LogP contribution >= 0.6 is 0 Å². The number of nitrogens with one attached hydrogen (secondary N) is 1. The van der Waals surface area contributed by atoms with Gasteiger partial charge in [-0.1, -0.05) is 44.2 Å². The number of alkyl halides is 3. The molecule has 1 unspecified atom stereocenters. The number of carbonyl (C=O) groups excluding carboxylic acids is 1. The van der Waals surface area contributed by atoms with E-state index in [1.165, 1.54) is 28.9 Å². The van der Waals surface area contributed by atoms with Crippen molar-refractivity contribution in [2.24, 2.45) is 0 Å². The van der Waals surface area contributed by atoms with Crippen LogP contribution in [0.25, 0.3) is 0 Å². The largest absolute Gasteiger partial charge is 0.415 e. The molecule has 0 radical (unpaired) electrons. The molecule has 6 nitrogen and oxygen atoms in total. The smallest absolute Gasteiger partial charge is 0.337 e. The Hall–Kier alpha value is -2.45. The normalized spacial score (nSPS) is 14.5. The maximum Gasteiger partial charge on any atom is 0.415 e. The monoisotopic (exact) mass is 341 g/mol. The lowest BCUT2D eigenvalue weighted by molar-refractivity contribution is -0.197. The fourth-order valence-corrected chi connectivity index (χ4v) is 2.27. The van der Waals surface area contributed by atoms with E-state index in [0.717, 1.165) is 6.92 Å². The Labute approximate surface area is 137 Å². The van der Waals surface area contributed by atoms with Crippen LogP contribution in [0.3, 0.4) is 0 Å². The molecule has 2 rings (SSSR count). The highest BCUT2D eigenvalue weighted by molar-refractivity contribution is 5.77. The molecule has 0 saturated carbocycles. The summed E-state index contributed by atoms with van der Waals surface area (Å²) in [5, 5.41) is 13.0.